The lowest BCUT2D eigenvalue weighted by atomic mass is 9.30. The molecule has 0 saturated heterocycles. The van der Waals surface area contributed by atoms with Crippen LogP contribution in [0.15, 0.2) is 140 Å². The molecule has 0 bridgehead atoms. The molecule has 0 N–H and O–H groups in total. The van der Waals surface area contributed by atoms with Crippen LogP contribution in [-0.2, 0) is 5.41 Å². The molecular weight excluding hydrogens is 507 g/mol. The number of hydrogen-bond donors (Lipinski definition) is 0. The summed E-state index contributed by atoms with van der Waals surface area (Å²) in [4.78, 5) is 2.41. The molecule has 0 amide bonds. The van der Waals surface area contributed by atoms with E-state index in [1.165, 1.54) is 60.7 Å². The summed E-state index contributed by atoms with van der Waals surface area (Å²) in [5.41, 5.74) is 14.4. The average molecular weight is 536 g/mol. The van der Waals surface area contributed by atoms with Crippen LogP contribution in [0.1, 0.15) is 25.0 Å². The summed E-state index contributed by atoms with van der Waals surface area (Å²) in [6, 6.07) is 51.3. The zero-order chi connectivity index (χ0) is 28.0. The van der Waals surface area contributed by atoms with Crippen LogP contribution in [0.4, 0.5) is 17.1 Å². The van der Waals surface area contributed by atoms with Crippen LogP contribution in [0.5, 0.6) is 0 Å². The number of benzene rings is 6. The first-order chi connectivity index (χ1) is 20.6. The van der Waals surface area contributed by atoms with E-state index in [1.807, 2.05) is 0 Å². The van der Waals surface area contributed by atoms with Crippen molar-refractivity contribution in [2.75, 3.05) is 4.90 Å². The molecule has 42 heavy (non-hydrogen) atoms. The van der Waals surface area contributed by atoms with Gasteiger partial charge in [0.25, 0.3) is 0 Å². The summed E-state index contributed by atoms with van der Waals surface area (Å²) >= 11 is 0. The highest BCUT2D eigenvalue weighted by Gasteiger charge is 2.44. The quantitative estimate of drug-likeness (QED) is 0.210. The van der Waals surface area contributed by atoms with Gasteiger partial charge in [-0.25, -0.2) is 0 Å². The monoisotopic (exact) mass is 536 g/mol. The minimum atomic E-state index is -0.0876. The van der Waals surface area contributed by atoms with Crippen LogP contribution >= 0.6 is 0 Å². The zero-order valence-corrected chi connectivity index (χ0v) is 23.8. The molecule has 198 valence electrons. The summed E-state index contributed by atoms with van der Waals surface area (Å²) in [6.45, 7) is 4.99. The molecule has 0 atom stereocenters. The normalized spacial score (nSPS) is 14.1. The van der Waals surface area contributed by atoms with Crippen molar-refractivity contribution < 1.29 is 0 Å². The Morgan fingerprint density at radius 3 is 1.83 bits per heavy atom. The van der Waals surface area contributed by atoms with Crippen LogP contribution in [0.25, 0.3) is 27.5 Å². The number of nitrogens with zero attached hydrogens (tertiary/aromatic N) is 2. The molecule has 0 spiro atoms. The first kappa shape index (κ1) is 23.7. The number of fused-ring (bicyclic) bond motifs is 7. The van der Waals surface area contributed by atoms with E-state index in [4.69, 9.17) is 0 Å². The third kappa shape index (κ3) is 3.00. The van der Waals surface area contributed by atoms with Gasteiger partial charge in [0.05, 0.1) is 11.2 Å². The molecule has 2 aliphatic rings. The fourth-order valence-corrected chi connectivity index (χ4v) is 7.90. The van der Waals surface area contributed by atoms with E-state index in [9.17, 15) is 0 Å². The van der Waals surface area contributed by atoms with Crippen LogP contribution < -0.4 is 21.3 Å². The predicted molar refractivity (Wildman–Crippen MR) is 179 cm³/mol. The first-order valence-electron chi connectivity index (χ1n) is 14.8. The minimum absolute atomic E-state index is 0.0876. The lowest BCUT2D eigenvalue weighted by molar-refractivity contribution is 0.645. The molecule has 2 aliphatic heterocycles. The molecule has 1 aromatic heterocycles. The van der Waals surface area contributed by atoms with Gasteiger partial charge in [0.2, 0.25) is 6.71 Å². The summed E-state index contributed by atoms with van der Waals surface area (Å²) in [5.74, 6) is 0. The van der Waals surface area contributed by atoms with Gasteiger partial charge in [0.1, 0.15) is 0 Å². The van der Waals surface area contributed by atoms with E-state index in [0.29, 0.717) is 0 Å². The summed E-state index contributed by atoms with van der Waals surface area (Å²) in [5, 5.41) is 2.59. The molecule has 2 nitrogen and oxygen atoms in total. The van der Waals surface area contributed by atoms with Crippen molar-refractivity contribution >= 4 is 62.0 Å². The zero-order valence-electron chi connectivity index (χ0n) is 23.8. The topological polar surface area (TPSA) is 8.17 Å². The van der Waals surface area contributed by atoms with Crippen molar-refractivity contribution in [1.29, 1.82) is 0 Å². The van der Waals surface area contributed by atoms with Gasteiger partial charge in [-0.05, 0) is 58.5 Å². The Bertz CT molecular complexity index is 2140. The lowest BCUT2D eigenvalue weighted by Gasteiger charge is -2.41. The summed E-state index contributed by atoms with van der Waals surface area (Å²) < 4.78 is 2.58. The van der Waals surface area contributed by atoms with Crippen molar-refractivity contribution in [3.63, 3.8) is 0 Å². The van der Waals surface area contributed by atoms with E-state index < -0.39 is 0 Å². The number of para-hydroxylation sites is 4. The molecule has 0 aliphatic carbocycles. The largest absolute Gasteiger partial charge is 0.308 e. The standard InChI is InChI=1S/C39H29BN2/c1-39(2)30-20-9-10-22-32(30)40-33-23-11-18-28-29-19-12-25-35(38(29)42(37(28)33)34-24-13-21-31(39)36(34)40)41(26-14-5-3-6-15-26)27-16-7-4-8-17-27/h3-25H,1-2H3. The second-order valence-electron chi connectivity index (χ2n) is 12.1. The third-order valence-corrected chi connectivity index (χ3v) is 9.63. The minimum Gasteiger partial charge on any atom is -0.308 e. The Morgan fingerprint density at radius 2 is 1.10 bits per heavy atom. The SMILES string of the molecule is CC1(C)c2ccccc2B2c3c(cccc31)-n1c3c2cccc3c2cccc(N(c3ccccc3)c3ccccc3)c21. The lowest BCUT2D eigenvalue weighted by Crippen LogP contribution is -2.63. The van der Waals surface area contributed by atoms with E-state index in [0.717, 1.165) is 11.4 Å². The molecule has 0 radical (unpaired) electrons. The Morgan fingerprint density at radius 1 is 0.524 bits per heavy atom. The molecule has 9 rings (SSSR count). The van der Waals surface area contributed by atoms with Crippen LogP contribution in [0.3, 0.4) is 0 Å². The molecule has 6 aromatic carbocycles. The van der Waals surface area contributed by atoms with Crippen LogP contribution in [0.2, 0.25) is 0 Å². The van der Waals surface area contributed by atoms with Gasteiger partial charge in [-0.2, -0.15) is 0 Å². The average Bonchev–Trinajstić information content (AvgIpc) is 3.38. The molecular formula is C39H29BN2. The van der Waals surface area contributed by atoms with Crippen molar-refractivity contribution in [3.05, 3.63) is 151 Å². The van der Waals surface area contributed by atoms with E-state index in [1.54, 1.807) is 0 Å². The first-order valence-corrected chi connectivity index (χ1v) is 14.8. The van der Waals surface area contributed by atoms with Crippen LogP contribution in [0, 0.1) is 0 Å². The Hall–Kier alpha value is -5.02. The molecule has 3 heterocycles. The van der Waals surface area contributed by atoms with Crippen molar-refractivity contribution in [2.24, 2.45) is 0 Å². The van der Waals surface area contributed by atoms with Crippen molar-refractivity contribution in [1.82, 2.24) is 4.57 Å². The smallest absolute Gasteiger partial charge is 0.247 e. The van der Waals surface area contributed by atoms with E-state index in [2.05, 4.69) is 163 Å². The van der Waals surface area contributed by atoms with Gasteiger partial charge in [-0.15, -0.1) is 0 Å². The highest BCUT2D eigenvalue weighted by atomic mass is 15.2. The Labute approximate surface area is 246 Å². The fourth-order valence-electron chi connectivity index (χ4n) is 7.90. The van der Waals surface area contributed by atoms with Gasteiger partial charge in [0, 0.05) is 38.8 Å². The maximum absolute atomic E-state index is 2.58. The van der Waals surface area contributed by atoms with Crippen LogP contribution in [-0.4, -0.2) is 11.3 Å². The van der Waals surface area contributed by atoms with Gasteiger partial charge in [0.15, 0.2) is 0 Å². The highest BCUT2D eigenvalue weighted by Crippen LogP contribution is 2.45. The summed E-state index contributed by atoms with van der Waals surface area (Å²) in [7, 11) is 0. The number of hydrogen-bond acceptors (Lipinski definition) is 1. The number of aromatic nitrogens is 1. The number of anilines is 3. The molecule has 7 aromatic rings. The maximum Gasteiger partial charge on any atom is 0.247 e. The Balaban J connectivity index is 1.45. The van der Waals surface area contributed by atoms with Gasteiger partial charge < -0.3 is 9.47 Å². The fraction of sp³-hybridized carbons (Fsp3) is 0.0769. The summed E-state index contributed by atoms with van der Waals surface area (Å²) in [6.07, 6.45) is 0. The van der Waals surface area contributed by atoms with E-state index >= 15 is 0 Å². The third-order valence-electron chi connectivity index (χ3n) is 9.63. The van der Waals surface area contributed by atoms with Crippen molar-refractivity contribution in [3.8, 4) is 5.69 Å². The van der Waals surface area contributed by atoms with Gasteiger partial charge >= 0.3 is 0 Å². The number of rotatable bonds is 3. The molecule has 0 fully saturated rings. The van der Waals surface area contributed by atoms with E-state index in [-0.39, 0.29) is 12.1 Å². The highest BCUT2D eigenvalue weighted by molar-refractivity contribution is 6.99. The van der Waals surface area contributed by atoms with Crippen molar-refractivity contribution in [2.45, 2.75) is 19.3 Å². The maximum atomic E-state index is 2.58. The molecule has 0 unspecified atom stereocenters. The molecule has 3 heteroatoms. The Kier molecular flexibility index (Phi) is 4.79. The predicted octanol–water partition coefficient (Wildman–Crippen LogP) is 7.72. The van der Waals surface area contributed by atoms with Gasteiger partial charge in [-0.1, -0.05) is 122 Å². The molecule has 0 saturated carbocycles. The second-order valence-corrected chi connectivity index (χ2v) is 12.1. The van der Waals surface area contributed by atoms with Gasteiger partial charge in [-0.3, -0.25) is 0 Å². The second kappa shape index (κ2) is 8.50.